The Morgan fingerprint density at radius 3 is 2.61 bits per heavy atom. The van der Waals surface area contributed by atoms with Crippen molar-refractivity contribution in [2.24, 2.45) is 0 Å². The Labute approximate surface area is 180 Å². The number of anilines is 2. The van der Waals surface area contributed by atoms with Gasteiger partial charge in [-0.1, -0.05) is 23.8 Å². The lowest BCUT2D eigenvalue weighted by atomic mass is 10.1. The number of benzene rings is 2. The van der Waals surface area contributed by atoms with Crippen molar-refractivity contribution >= 4 is 23.3 Å². The maximum absolute atomic E-state index is 13.1. The minimum Gasteiger partial charge on any atom is -0.493 e. The highest BCUT2D eigenvalue weighted by Crippen LogP contribution is 2.38. The van der Waals surface area contributed by atoms with E-state index in [1.807, 2.05) is 44.2 Å². The summed E-state index contributed by atoms with van der Waals surface area (Å²) < 4.78 is 12.2. The van der Waals surface area contributed by atoms with Crippen LogP contribution in [0.5, 0.6) is 11.5 Å². The lowest BCUT2D eigenvalue weighted by molar-refractivity contribution is -0.125. The molecule has 2 amide bonds. The molecule has 1 atom stereocenters. The summed E-state index contributed by atoms with van der Waals surface area (Å²) in [6, 6.07) is 10.5. The number of nitrogens with one attached hydrogen (secondary N) is 2. The first-order chi connectivity index (χ1) is 14.9. The Kier molecular flexibility index (Phi) is 5.37. The smallest absolute Gasteiger partial charge is 0.249 e. The molecule has 1 aromatic heterocycles. The molecule has 4 rings (SSSR count). The number of aromatic nitrogens is 2. The number of nitrogens with zero attached hydrogens (tertiary/aromatic N) is 2. The van der Waals surface area contributed by atoms with Gasteiger partial charge in [-0.15, -0.1) is 0 Å². The molecule has 0 aliphatic carbocycles. The van der Waals surface area contributed by atoms with Crippen LogP contribution in [0.1, 0.15) is 23.6 Å². The van der Waals surface area contributed by atoms with Crippen molar-refractivity contribution in [3.63, 3.8) is 0 Å². The van der Waals surface area contributed by atoms with E-state index in [9.17, 15) is 9.59 Å². The highest BCUT2D eigenvalue weighted by atomic mass is 16.5. The summed E-state index contributed by atoms with van der Waals surface area (Å²) in [5.41, 5.74) is 4.27. The minimum absolute atomic E-state index is 0.0107. The van der Waals surface area contributed by atoms with Gasteiger partial charge in [0.25, 0.3) is 0 Å². The van der Waals surface area contributed by atoms with Gasteiger partial charge in [0.15, 0.2) is 11.5 Å². The largest absolute Gasteiger partial charge is 0.493 e. The molecule has 0 radical (unpaired) electrons. The molecule has 0 bridgehead atoms. The van der Waals surface area contributed by atoms with Crippen molar-refractivity contribution in [1.82, 2.24) is 9.78 Å². The molecular formula is C23H24N4O4. The number of aryl methyl sites for hydroxylation is 2. The molecule has 8 heteroatoms. The van der Waals surface area contributed by atoms with Gasteiger partial charge >= 0.3 is 0 Å². The van der Waals surface area contributed by atoms with Crippen LogP contribution in [0.25, 0.3) is 11.1 Å². The van der Waals surface area contributed by atoms with E-state index in [1.54, 1.807) is 31.2 Å². The molecule has 8 nitrogen and oxygen atoms in total. The highest BCUT2D eigenvalue weighted by Gasteiger charge is 2.33. The summed E-state index contributed by atoms with van der Waals surface area (Å²) in [7, 11) is 3.13. The van der Waals surface area contributed by atoms with Crippen LogP contribution in [0, 0.1) is 13.8 Å². The Balaban J connectivity index is 1.67. The van der Waals surface area contributed by atoms with Crippen LogP contribution < -0.4 is 20.1 Å². The summed E-state index contributed by atoms with van der Waals surface area (Å²) in [6.07, 6.45) is 1.65. The maximum Gasteiger partial charge on any atom is 0.249 e. The maximum atomic E-state index is 13.1. The quantitative estimate of drug-likeness (QED) is 0.656. The molecule has 2 heterocycles. The van der Waals surface area contributed by atoms with Crippen molar-refractivity contribution in [1.29, 1.82) is 0 Å². The summed E-state index contributed by atoms with van der Waals surface area (Å²) in [4.78, 5) is 25.5. The van der Waals surface area contributed by atoms with Gasteiger partial charge < -0.3 is 20.1 Å². The number of ether oxygens (including phenoxy) is 2. The van der Waals surface area contributed by atoms with Gasteiger partial charge in [-0.05, 0) is 43.2 Å². The Hall–Kier alpha value is -3.81. The summed E-state index contributed by atoms with van der Waals surface area (Å²) >= 11 is 0. The molecule has 31 heavy (non-hydrogen) atoms. The predicted molar refractivity (Wildman–Crippen MR) is 118 cm³/mol. The molecule has 160 valence electrons. The molecule has 3 aromatic rings. The van der Waals surface area contributed by atoms with Crippen molar-refractivity contribution in [3.8, 4) is 22.6 Å². The summed E-state index contributed by atoms with van der Waals surface area (Å²) in [6.45, 7) is 3.93. The second kappa shape index (κ2) is 8.14. The van der Waals surface area contributed by atoms with Crippen LogP contribution in [0.15, 0.2) is 42.6 Å². The molecule has 0 unspecified atom stereocenters. The average Bonchev–Trinajstić information content (AvgIpc) is 3.18. The first-order valence-electron chi connectivity index (χ1n) is 9.89. The number of fused-ring (bicyclic) bond motifs is 1. The normalized spacial score (nSPS) is 15.1. The molecule has 2 aromatic carbocycles. The first kappa shape index (κ1) is 20.5. The molecule has 0 saturated carbocycles. The second-order valence-corrected chi connectivity index (χ2v) is 7.50. The fourth-order valence-electron chi connectivity index (χ4n) is 3.76. The second-order valence-electron chi connectivity index (χ2n) is 7.50. The average molecular weight is 420 g/mol. The van der Waals surface area contributed by atoms with Crippen LogP contribution in [0.4, 0.5) is 11.5 Å². The standard InChI is InChI=1S/C23H24N4O4/c1-13-5-7-17(14(2)9-13)25-23(29)18-11-21(28)26-22-16(12-24-27(18)22)15-6-8-19(30-3)20(10-15)31-4/h5-10,12,18H,11H2,1-4H3,(H,25,29)(H,26,28)/t18-/m0/s1. The number of hydrogen-bond acceptors (Lipinski definition) is 5. The van der Waals surface area contributed by atoms with Crippen molar-refractivity contribution in [2.45, 2.75) is 26.3 Å². The molecule has 0 fully saturated rings. The molecular weight excluding hydrogens is 396 g/mol. The zero-order valence-electron chi connectivity index (χ0n) is 17.9. The van der Waals surface area contributed by atoms with Crippen LogP contribution >= 0.6 is 0 Å². The molecule has 2 N–H and O–H groups in total. The van der Waals surface area contributed by atoms with Crippen molar-refractivity contribution < 1.29 is 19.1 Å². The Morgan fingerprint density at radius 1 is 1.13 bits per heavy atom. The van der Waals surface area contributed by atoms with Crippen LogP contribution in [0.3, 0.4) is 0 Å². The summed E-state index contributed by atoms with van der Waals surface area (Å²) in [5.74, 6) is 1.11. The van der Waals surface area contributed by atoms with Crippen LogP contribution in [0.2, 0.25) is 0 Å². The van der Waals surface area contributed by atoms with Gasteiger partial charge in [-0.2, -0.15) is 5.10 Å². The fraction of sp³-hybridized carbons (Fsp3) is 0.261. The third-order valence-electron chi connectivity index (χ3n) is 5.36. The molecule has 1 aliphatic heterocycles. The van der Waals surface area contributed by atoms with Crippen molar-refractivity contribution in [2.75, 3.05) is 24.9 Å². The number of amides is 2. The molecule has 0 saturated heterocycles. The van der Waals surface area contributed by atoms with E-state index in [-0.39, 0.29) is 18.2 Å². The fourth-order valence-corrected chi connectivity index (χ4v) is 3.76. The van der Waals surface area contributed by atoms with Gasteiger partial charge in [0.05, 0.1) is 26.8 Å². The van der Waals surface area contributed by atoms with Gasteiger partial charge in [0.2, 0.25) is 11.8 Å². The predicted octanol–water partition coefficient (Wildman–Crippen LogP) is 3.71. The van der Waals surface area contributed by atoms with E-state index in [4.69, 9.17) is 9.47 Å². The highest BCUT2D eigenvalue weighted by molar-refractivity contribution is 6.03. The van der Waals surface area contributed by atoms with Gasteiger partial charge in [-0.25, -0.2) is 4.68 Å². The van der Waals surface area contributed by atoms with E-state index < -0.39 is 6.04 Å². The SMILES string of the molecule is COc1ccc(-c2cnn3c2NC(=O)C[C@H]3C(=O)Nc2ccc(C)cc2C)cc1OC. The number of hydrogen-bond donors (Lipinski definition) is 2. The minimum atomic E-state index is -0.752. The lowest BCUT2D eigenvalue weighted by Crippen LogP contribution is -2.36. The van der Waals surface area contributed by atoms with E-state index >= 15 is 0 Å². The van der Waals surface area contributed by atoms with Gasteiger partial charge in [-0.3, -0.25) is 9.59 Å². The van der Waals surface area contributed by atoms with Gasteiger partial charge in [0.1, 0.15) is 11.9 Å². The molecule has 1 aliphatic rings. The van der Waals surface area contributed by atoms with E-state index in [0.717, 1.165) is 22.4 Å². The van der Waals surface area contributed by atoms with Crippen molar-refractivity contribution in [3.05, 3.63) is 53.7 Å². The number of carbonyl (C=O) groups excluding carboxylic acids is 2. The van der Waals surface area contributed by atoms with Crippen LogP contribution in [-0.4, -0.2) is 35.8 Å². The Bertz CT molecular complexity index is 1170. The zero-order chi connectivity index (χ0) is 22.1. The monoisotopic (exact) mass is 420 g/mol. The third-order valence-corrected chi connectivity index (χ3v) is 5.36. The van der Waals surface area contributed by atoms with E-state index in [0.29, 0.717) is 22.9 Å². The van der Waals surface area contributed by atoms with E-state index in [2.05, 4.69) is 15.7 Å². The number of carbonyl (C=O) groups is 2. The van der Waals surface area contributed by atoms with Gasteiger partial charge in [0, 0.05) is 11.3 Å². The lowest BCUT2D eigenvalue weighted by Gasteiger charge is -2.25. The third kappa shape index (κ3) is 3.84. The number of rotatable bonds is 5. The van der Waals surface area contributed by atoms with E-state index in [1.165, 1.54) is 0 Å². The Morgan fingerprint density at radius 2 is 1.90 bits per heavy atom. The molecule has 0 spiro atoms. The summed E-state index contributed by atoms with van der Waals surface area (Å²) in [5, 5.41) is 10.2. The van der Waals surface area contributed by atoms with Crippen LogP contribution in [-0.2, 0) is 9.59 Å². The topological polar surface area (TPSA) is 94.5 Å². The zero-order valence-corrected chi connectivity index (χ0v) is 17.9. The first-order valence-corrected chi connectivity index (χ1v) is 9.89. The number of methoxy groups -OCH3 is 2.